The van der Waals surface area contributed by atoms with Crippen molar-refractivity contribution in [1.29, 1.82) is 0 Å². The summed E-state index contributed by atoms with van der Waals surface area (Å²) in [6, 6.07) is 32.5. The molecule has 1 atom stereocenters. The van der Waals surface area contributed by atoms with Crippen LogP contribution in [0.4, 0.5) is 11.4 Å². The van der Waals surface area contributed by atoms with Gasteiger partial charge in [-0.15, -0.1) is 11.3 Å². The van der Waals surface area contributed by atoms with Crippen LogP contribution in [0.2, 0.25) is 0 Å². The number of hydrogen-bond acceptors (Lipinski definition) is 3. The highest BCUT2D eigenvalue weighted by atomic mass is 32.1. The van der Waals surface area contributed by atoms with Crippen molar-refractivity contribution in [1.82, 2.24) is 0 Å². The second-order valence-electron chi connectivity index (χ2n) is 7.03. The maximum Gasteiger partial charge on any atom is 0.262 e. The fourth-order valence-corrected chi connectivity index (χ4v) is 4.76. The normalized spacial score (nSPS) is 16.0. The third kappa shape index (κ3) is 3.22. The average molecular weight is 397 g/mol. The fourth-order valence-electron chi connectivity index (χ4n) is 3.93. The van der Waals surface area contributed by atoms with Crippen molar-refractivity contribution in [2.45, 2.75) is 12.7 Å². The van der Waals surface area contributed by atoms with Gasteiger partial charge in [-0.25, -0.2) is 0 Å². The van der Waals surface area contributed by atoms with Gasteiger partial charge in [0.25, 0.3) is 5.91 Å². The summed E-state index contributed by atoms with van der Waals surface area (Å²) in [6.07, 6.45) is -0.194. The zero-order valence-electron chi connectivity index (χ0n) is 15.8. The highest BCUT2D eigenvalue weighted by molar-refractivity contribution is 7.10. The van der Waals surface area contributed by atoms with Gasteiger partial charge >= 0.3 is 0 Å². The Bertz CT molecular complexity index is 1110. The Balaban J connectivity index is 1.71. The van der Waals surface area contributed by atoms with Crippen LogP contribution in [-0.4, -0.2) is 5.91 Å². The molecular weight excluding hydrogens is 376 g/mol. The minimum atomic E-state index is -0.194. The fraction of sp³-hybridized carbons (Fsp3) is 0.0800. The number of benzene rings is 3. The monoisotopic (exact) mass is 396 g/mol. The predicted molar refractivity (Wildman–Crippen MR) is 119 cm³/mol. The van der Waals surface area contributed by atoms with E-state index in [0.29, 0.717) is 0 Å². The van der Waals surface area contributed by atoms with Gasteiger partial charge in [-0.3, -0.25) is 9.69 Å². The molecule has 1 aliphatic heterocycles. The Morgan fingerprint density at radius 3 is 2.17 bits per heavy atom. The molecule has 0 unspecified atom stereocenters. The summed E-state index contributed by atoms with van der Waals surface area (Å²) in [4.78, 5) is 19.0. The second kappa shape index (κ2) is 7.57. The van der Waals surface area contributed by atoms with Crippen LogP contribution in [0.1, 0.15) is 27.0 Å². The maximum absolute atomic E-state index is 13.6. The summed E-state index contributed by atoms with van der Waals surface area (Å²) < 4.78 is 0. The van der Waals surface area contributed by atoms with E-state index in [1.807, 2.05) is 59.5 Å². The third-order valence-electron chi connectivity index (χ3n) is 5.23. The molecule has 1 amide bonds. The molecular formula is C25H20N2OS. The molecule has 0 saturated carbocycles. The smallest absolute Gasteiger partial charge is 0.262 e. The van der Waals surface area contributed by atoms with E-state index in [0.717, 1.165) is 28.4 Å². The molecule has 142 valence electrons. The molecule has 0 spiro atoms. The maximum atomic E-state index is 13.6. The number of carbonyl (C=O) groups excluding carboxylic acids is 1. The summed E-state index contributed by atoms with van der Waals surface area (Å²) in [5, 5.41) is 2.07. The first-order valence-corrected chi connectivity index (χ1v) is 10.5. The molecule has 0 aliphatic carbocycles. The van der Waals surface area contributed by atoms with Crippen molar-refractivity contribution >= 4 is 28.6 Å². The first-order chi connectivity index (χ1) is 14.3. The Hall–Kier alpha value is -3.37. The third-order valence-corrected chi connectivity index (χ3v) is 6.14. The molecule has 4 aromatic rings. The lowest BCUT2D eigenvalue weighted by Gasteiger charge is -2.45. The lowest BCUT2D eigenvalue weighted by Crippen LogP contribution is -2.49. The van der Waals surface area contributed by atoms with Gasteiger partial charge in [-0.05, 0) is 41.3 Å². The Morgan fingerprint density at radius 2 is 1.45 bits per heavy atom. The van der Waals surface area contributed by atoms with Crippen molar-refractivity contribution < 1.29 is 4.79 Å². The van der Waals surface area contributed by atoms with Crippen LogP contribution in [0.3, 0.4) is 0 Å². The van der Waals surface area contributed by atoms with E-state index >= 15 is 0 Å². The van der Waals surface area contributed by atoms with Gasteiger partial charge in [-0.2, -0.15) is 0 Å². The molecule has 2 heterocycles. The lowest BCUT2D eigenvalue weighted by atomic mass is 10.0. The molecule has 3 aromatic carbocycles. The minimum absolute atomic E-state index is 0.0366. The van der Waals surface area contributed by atoms with Crippen LogP contribution < -0.4 is 9.80 Å². The van der Waals surface area contributed by atoms with E-state index in [9.17, 15) is 4.79 Å². The molecule has 3 nitrogen and oxygen atoms in total. The van der Waals surface area contributed by atoms with E-state index < -0.39 is 0 Å². The Kier molecular flexibility index (Phi) is 4.62. The minimum Gasteiger partial charge on any atom is -0.341 e. The summed E-state index contributed by atoms with van der Waals surface area (Å²) in [5.41, 5.74) is 3.83. The summed E-state index contributed by atoms with van der Waals surface area (Å²) in [7, 11) is 0. The van der Waals surface area contributed by atoms with Crippen molar-refractivity contribution in [3.63, 3.8) is 0 Å². The molecule has 0 N–H and O–H groups in total. The molecule has 0 saturated heterocycles. The van der Waals surface area contributed by atoms with Gasteiger partial charge < -0.3 is 4.90 Å². The van der Waals surface area contributed by atoms with E-state index in [4.69, 9.17) is 0 Å². The highest BCUT2D eigenvalue weighted by Gasteiger charge is 2.39. The van der Waals surface area contributed by atoms with Crippen LogP contribution in [0.25, 0.3) is 0 Å². The molecule has 1 aliphatic rings. The van der Waals surface area contributed by atoms with Crippen molar-refractivity contribution in [3.8, 4) is 0 Å². The number of fused-ring (bicyclic) bond motifs is 1. The molecule has 0 bridgehead atoms. The Morgan fingerprint density at radius 1 is 0.759 bits per heavy atom. The first-order valence-electron chi connectivity index (χ1n) is 9.64. The predicted octanol–water partition coefficient (Wildman–Crippen LogP) is 6.11. The largest absolute Gasteiger partial charge is 0.341 e. The number of carbonyl (C=O) groups is 1. The van der Waals surface area contributed by atoms with Crippen molar-refractivity contribution in [2.24, 2.45) is 0 Å². The number of para-hydroxylation sites is 2. The van der Waals surface area contributed by atoms with Gasteiger partial charge in [0, 0.05) is 17.1 Å². The van der Waals surface area contributed by atoms with E-state index in [1.54, 1.807) is 11.3 Å². The van der Waals surface area contributed by atoms with Gasteiger partial charge in [0.1, 0.15) is 6.17 Å². The SMILES string of the molecule is O=C1c2ccccc2N(Cc2ccccc2)[C@@H](c2cccs2)N1c1ccccc1. The number of anilines is 2. The van der Waals surface area contributed by atoms with Crippen molar-refractivity contribution in [3.05, 3.63) is 118 Å². The first kappa shape index (κ1) is 17.7. The lowest BCUT2D eigenvalue weighted by molar-refractivity contribution is 0.0968. The summed E-state index contributed by atoms with van der Waals surface area (Å²) in [6.45, 7) is 0.719. The second-order valence-corrected chi connectivity index (χ2v) is 8.01. The molecule has 0 fully saturated rings. The average Bonchev–Trinajstić information content (AvgIpc) is 3.31. The number of hydrogen-bond donors (Lipinski definition) is 0. The highest BCUT2D eigenvalue weighted by Crippen LogP contribution is 2.43. The van der Waals surface area contributed by atoms with Gasteiger partial charge in [0.15, 0.2) is 0 Å². The summed E-state index contributed by atoms with van der Waals surface area (Å²) in [5.74, 6) is 0.0366. The molecule has 1 aromatic heterocycles. The van der Waals surface area contributed by atoms with Gasteiger partial charge in [-0.1, -0.05) is 66.7 Å². The number of amides is 1. The van der Waals surface area contributed by atoms with Gasteiger partial charge in [0.05, 0.1) is 11.3 Å². The van der Waals surface area contributed by atoms with Crippen LogP contribution in [0, 0.1) is 0 Å². The molecule has 29 heavy (non-hydrogen) atoms. The topological polar surface area (TPSA) is 23.6 Å². The van der Waals surface area contributed by atoms with Gasteiger partial charge in [0.2, 0.25) is 0 Å². The van der Waals surface area contributed by atoms with E-state index in [1.165, 1.54) is 5.56 Å². The van der Waals surface area contributed by atoms with Crippen LogP contribution in [0.15, 0.2) is 102 Å². The van der Waals surface area contributed by atoms with E-state index in [2.05, 4.69) is 52.7 Å². The van der Waals surface area contributed by atoms with Crippen LogP contribution >= 0.6 is 11.3 Å². The molecule has 5 rings (SSSR count). The van der Waals surface area contributed by atoms with Crippen LogP contribution in [0.5, 0.6) is 0 Å². The quantitative estimate of drug-likeness (QED) is 0.415. The number of thiophene rings is 1. The number of nitrogens with zero attached hydrogens (tertiary/aromatic N) is 2. The van der Waals surface area contributed by atoms with E-state index in [-0.39, 0.29) is 12.1 Å². The number of rotatable bonds is 4. The summed E-state index contributed by atoms with van der Waals surface area (Å²) >= 11 is 1.68. The Labute approximate surface area is 174 Å². The standard InChI is InChI=1S/C25H20N2OS/c28-25-21-14-7-8-15-22(21)26(18-19-10-3-1-4-11-19)24(23-16-9-17-29-23)27(25)20-12-5-2-6-13-20/h1-17,24H,18H2/t24-/m1/s1. The molecule has 0 radical (unpaired) electrons. The zero-order chi connectivity index (χ0) is 19.6. The zero-order valence-corrected chi connectivity index (χ0v) is 16.6. The van der Waals surface area contributed by atoms with Crippen LogP contribution in [-0.2, 0) is 6.54 Å². The molecule has 4 heteroatoms. The van der Waals surface area contributed by atoms with Crippen molar-refractivity contribution in [2.75, 3.05) is 9.80 Å².